The molecule has 0 N–H and O–H groups in total. The molecule has 4 heteroatoms. The molecule has 0 aliphatic carbocycles. The highest BCUT2D eigenvalue weighted by molar-refractivity contribution is 5.67. The minimum atomic E-state index is -0.227. The van der Waals surface area contributed by atoms with Crippen LogP contribution in [0, 0.1) is 17.2 Å². The van der Waals surface area contributed by atoms with Crippen LogP contribution in [-0.4, -0.2) is 47.5 Å². The predicted octanol–water partition coefficient (Wildman–Crippen LogP) is 6.64. The number of rotatable bonds is 7. The van der Waals surface area contributed by atoms with E-state index in [1.54, 1.807) is 6.07 Å². The third kappa shape index (κ3) is 6.44. The maximum absolute atomic E-state index is 14.9. The summed E-state index contributed by atoms with van der Waals surface area (Å²) in [5.74, 6) is 0.574. The van der Waals surface area contributed by atoms with Gasteiger partial charge in [-0.3, -0.25) is 4.98 Å². The normalized spacial score (nSPS) is 18.1. The van der Waals surface area contributed by atoms with Gasteiger partial charge >= 0.3 is 0 Å². The minimum Gasteiger partial charge on any atom is -0.372 e. The van der Waals surface area contributed by atoms with Crippen LogP contribution in [0.3, 0.4) is 0 Å². The first-order chi connectivity index (χ1) is 15.8. The van der Waals surface area contributed by atoms with Crippen LogP contribution >= 0.6 is 0 Å². The van der Waals surface area contributed by atoms with Gasteiger partial charge in [0.1, 0.15) is 5.82 Å². The van der Waals surface area contributed by atoms with E-state index in [1.807, 2.05) is 24.4 Å². The average molecular weight is 450 g/mol. The van der Waals surface area contributed by atoms with Crippen LogP contribution in [0.25, 0.3) is 17.0 Å². The van der Waals surface area contributed by atoms with E-state index in [-0.39, 0.29) is 5.82 Å². The molecular formula is C29H40FN3. The molecule has 3 nitrogen and oxygen atoms in total. The van der Waals surface area contributed by atoms with Crippen LogP contribution in [0.2, 0.25) is 0 Å². The maximum atomic E-state index is 14.9. The molecule has 0 amide bonds. The second-order valence-corrected chi connectivity index (χ2v) is 11.2. The van der Waals surface area contributed by atoms with E-state index in [0.717, 1.165) is 36.7 Å². The van der Waals surface area contributed by atoms with E-state index in [4.69, 9.17) is 0 Å². The molecular weight excluding hydrogens is 409 g/mol. The Labute approximate surface area is 199 Å². The fourth-order valence-electron chi connectivity index (χ4n) is 5.28. The Morgan fingerprint density at radius 2 is 1.79 bits per heavy atom. The molecule has 2 fully saturated rings. The van der Waals surface area contributed by atoms with Crippen molar-refractivity contribution in [3.8, 4) is 11.3 Å². The zero-order chi connectivity index (χ0) is 23.4. The van der Waals surface area contributed by atoms with Crippen LogP contribution < -0.4 is 0 Å². The summed E-state index contributed by atoms with van der Waals surface area (Å²) < 4.78 is 14.9. The quantitative estimate of drug-likeness (QED) is 0.472. The lowest BCUT2D eigenvalue weighted by Gasteiger charge is -2.36. The molecule has 178 valence electrons. The van der Waals surface area contributed by atoms with Crippen molar-refractivity contribution in [3.63, 3.8) is 0 Å². The van der Waals surface area contributed by atoms with Gasteiger partial charge in [0.05, 0.1) is 5.69 Å². The van der Waals surface area contributed by atoms with Crippen molar-refractivity contribution in [1.82, 2.24) is 14.8 Å². The van der Waals surface area contributed by atoms with E-state index < -0.39 is 0 Å². The molecule has 33 heavy (non-hydrogen) atoms. The van der Waals surface area contributed by atoms with E-state index in [1.165, 1.54) is 57.3 Å². The zero-order valence-electron chi connectivity index (χ0n) is 20.7. The van der Waals surface area contributed by atoms with Gasteiger partial charge in [0, 0.05) is 42.7 Å². The highest BCUT2D eigenvalue weighted by Crippen LogP contribution is 2.29. The van der Waals surface area contributed by atoms with Crippen molar-refractivity contribution >= 4 is 5.70 Å². The summed E-state index contributed by atoms with van der Waals surface area (Å²) in [6, 6.07) is 9.51. The van der Waals surface area contributed by atoms with Gasteiger partial charge in [0.15, 0.2) is 0 Å². The molecule has 2 saturated heterocycles. The molecule has 4 rings (SSSR count). The van der Waals surface area contributed by atoms with Gasteiger partial charge in [-0.2, -0.15) is 0 Å². The minimum absolute atomic E-state index is 0.227. The molecule has 3 heterocycles. The SMILES string of the molecule is C=C(c1ccc(-c2ccc(CCC3CCN(CC(C)(C)C)CC3)cn2)c(F)c1)N1CCCC1. The van der Waals surface area contributed by atoms with Gasteiger partial charge in [-0.1, -0.05) is 39.5 Å². The van der Waals surface area contributed by atoms with Crippen LogP contribution in [-0.2, 0) is 6.42 Å². The molecule has 1 aromatic carbocycles. The topological polar surface area (TPSA) is 19.4 Å². The van der Waals surface area contributed by atoms with E-state index in [2.05, 4.69) is 48.2 Å². The molecule has 2 aliphatic heterocycles. The summed E-state index contributed by atoms with van der Waals surface area (Å²) in [4.78, 5) is 9.46. The fourth-order valence-corrected chi connectivity index (χ4v) is 5.28. The smallest absolute Gasteiger partial charge is 0.133 e. The number of aryl methyl sites for hydroxylation is 1. The Balaban J connectivity index is 1.30. The highest BCUT2D eigenvalue weighted by Gasteiger charge is 2.23. The lowest BCUT2D eigenvalue weighted by Crippen LogP contribution is -2.39. The molecule has 0 bridgehead atoms. The number of aromatic nitrogens is 1. The Bertz CT molecular complexity index is 930. The summed E-state index contributed by atoms with van der Waals surface area (Å²) in [5.41, 5.74) is 4.67. The van der Waals surface area contributed by atoms with Crippen LogP contribution in [0.4, 0.5) is 4.39 Å². The summed E-state index contributed by atoms with van der Waals surface area (Å²) in [6.07, 6.45) is 9.16. The third-order valence-corrected chi connectivity index (χ3v) is 7.14. The van der Waals surface area contributed by atoms with Gasteiger partial charge < -0.3 is 9.80 Å². The molecule has 2 aromatic rings. The van der Waals surface area contributed by atoms with Crippen molar-refractivity contribution < 1.29 is 4.39 Å². The van der Waals surface area contributed by atoms with Gasteiger partial charge in [-0.25, -0.2) is 4.39 Å². The standard InChI is InChI=1S/C29H40FN3/c1-22(33-15-5-6-16-33)25-10-11-26(27(30)19-25)28-12-9-24(20-31-28)8-7-23-13-17-32(18-14-23)21-29(2,3)4/h9-12,19-20,23H,1,5-8,13-18,21H2,2-4H3. The van der Waals surface area contributed by atoms with Crippen LogP contribution in [0.1, 0.15) is 64.0 Å². The van der Waals surface area contributed by atoms with E-state index in [9.17, 15) is 4.39 Å². The number of halogens is 1. The molecule has 0 spiro atoms. The number of nitrogens with zero attached hydrogens (tertiary/aromatic N) is 3. The van der Waals surface area contributed by atoms with Crippen molar-refractivity contribution in [3.05, 3.63) is 60.1 Å². The summed E-state index contributed by atoms with van der Waals surface area (Å²) >= 11 is 0. The first kappa shape index (κ1) is 23.9. The fraction of sp³-hybridized carbons (Fsp3) is 0.552. The van der Waals surface area contributed by atoms with Gasteiger partial charge in [-0.05, 0) is 86.7 Å². The van der Waals surface area contributed by atoms with Gasteiger partial charge in [0.25, 0.3) is 0 Å². The van der Waals surface area contributed by atoms with Crippen molar-refractivity contribution in [1.29, 1.82) is 0 Å². The summed E-state index contributed by atoms with van der Waals surface area (Å²) in [6.45, 7) is 16.8. The summed E-state index contributed by atoms with van der Waals surface area (Å²) in [5, 5.41) is 0. The number of hydrogen-bond donors (Lipinski definition) is 0. The Kier molecular flexibility index (Phi) is 7.53. The van der Waals surface area contributed by atoms with Crippen molar-refractivity contribution in [2.75, 3.05) is 32.7 Å². The van der Waals surface area contributed by atoms with Crippen molar-refractivity contribution in [2.45, 2.75) is 59.3 Å². The van der Waals surface area contributed by atoms with E-state index in [0.29, 0.717) is 16.7 Å². The molecule has 1 aromatic heterocycles. The second-order valence-electron chi connectivity index (χ2n) is 11.2. The Morgan fingerprint density at radius 1 is 1.06 bits per heavy atom. The zero-order valence-corrected chi connectivity index (χ0v) is 20.7. The average Bonchev–Trinajstić information content (AvgIpc) is 3.32. The first-order valence-corrected chi connectivity index (χ1v) is 12.7. The van der Waals surface area contributed by atoms with Crippen LogP contribution in [0.5, 0.6) is 0 Å². The third-order valence-electron chi connectivity index (χ3n) is 7.14. The number of piperidine rings is 1. The molecule has 0 unspecified atom stereocenters. The van der Waals surface area contributed by atoms with E-state index >= 15 is 0 Å². The Morgan fingerprint density at radius 3 is 2.39 bits per heavy atom. The predicted molar refractivity (Wildman–Crippen MR) is 136 cm³/mol. The lowest BCUT2D eigenvalue weighted by molar-refractivity contribution is 0.133. The Hall–Kier alpha value is -2.20. The lowest BCUT2D eigenvalue weighted by atomic mass is 9.89. The molecule has 2 aliphatic rings. The van der Waals surface area contributed by atoms with Gasteiger partial charge in [-0.15, -0.1) is 0 Å². The number of likely N-dealkylation sites (tertiary alicyclic amines) is 2. The van der Waals surface area contributed by atoms with Gasteiger partial charge in [0.2, 0.25) is 0 Å². The van der Waals surface area contributed by atoms with Crippen molar-refractivity contribution in [2.24, 2.45) is 11.3 Å². The largest absolute Gasteiger partial charge is 0.372 e. The maximum Gasteiger partial charge on any atom is 0.133 e. The first-order valence-electron chi connectivity index (χ1n) is 12.7. The number of pyridine rings is 1. The highest BCUT2D eigenvalue weighted by atomic mass is 19.1. The molecule has 0 radical (unpaired) electrons. The van der Waals surface area contributed by atoms with Crippen LogP contribution in [0.15, 0.2) is 43.1 Å². The number of benzene rings is 1. The second kappa shape index (κ2) is 10.4. The number of hydrogen-bond acceptors (Lipinski definition) is 3. The summed E-state index contributed by atoms with van der Waals surface area (Å²) in [7, 11) is 0. The molecule has 0 saturated carbocycles. The molecule has 0 atom stereocenters. The monoisotopic (exact) mass is 449 g/mol.